The first kappa shape index (κ1) is 14.6. The molecule has 9 heteroatoms. The maximum Gasteiger partial charge on any atom is 0.471 e. The Labute approximate surface area is 115 Å². The summed E-state index contributed by atoms with van der Waals surface area (Å²) in [6.07, 6.45) is -3.65. The fraction of sp³-hybridized carbons (Fsp3) is 0.0833. The second-order valence-electron chi connectivity index (χ2n) is 3.95. The highest BCUT2D eigenvalue weighted by Gasteiger charge is 2.38. The van der Waals surface area contributed by atoms with Gasteiger partial charge in [-0.3, -0.25) is 4.79 Å². The van der Waals surface area contributed by atoms with Crippen molar-refractivity contribution in [1.29, 1.82) is 0 Å². The number of aromatic carboxylic acids is 1. The average Bonchev–Trinajstić information content (AvgIpc) is 2.87. The number of amides is 1. The Morgan fingerprint density at radius 3 is 2.52 bits per heavy atom. The standard InChI is InChI=1S/C12H8F3N3O3/c13-12(14,15)11(21)16-7-2-1-3-8(6-7)18-5-4-9(17-18)10(19)20/h1-6H,(H,16,21)(H,19,20). The number of carboxylic acids is 1. The van der Waals surface area contributed by atoms with Crippen LogP contribution in [0.2, 0.25) is 0 Å². The van der Waals surface area contributed by atoms with E-state index >= 15 is 0 Å². The maximum atomic E-state index is 12.2. The van der Waals surface area contributed by atoms with Gasteiger partial charge in [0.2, 0.25) is 0 Å². The monoisotopic (exact) mass is 299 g/mol. The molecule has 6 nitrogen and oxygen atoms in total. The zero-order valence-electron chi connectivity index (χ0n) is 10.3. The molecule has 110 valence electrons. The van der Waals surface area contributed by atoms with Gasteiger partial charge < -0.3 is 10.4 Å². The largest absolute Gasteiger partial charge is 0.476 e. The molecular formula is C12H8F3N3O3. The molecule has 0 radical (unpaired) electrons. The van der Waals surface area contributed by atoms with E-state index in [1.54, 1.807) is 5.32 Å². The minimum absolute atomic E-state index is 0.0813. The van der Waals surface area contributed by atoms with Crippen molar-refractivity contribution in [3.63, 3.8) is 0 Å². The van der Waals surface area contributed by atoms with E-state index in [1.807, 2.05) is 0 Å². The van der Waals surface area contributed by atoms with Crippen molar-refractivity contribution < 1.29 is 27.9 Å². The number of nitrogens with one attached hydrogen (secondary N) is 1. The van der Waals surface area contributed by atoms with Gasteiger partial charge in [0, 0.05) is 11.9 Å². The number of carbonyl (C=O) groups is 2. The summed E-state index contributed by atoms with van der Waals surface area (Å²) >= 11 is 0. The first-order chi connectivity index (χ1) is 9.77. The molecule has 0 bridgehead atoms. The van der Waals surface area contributed by atoms with Crippen LogP contribution < -0.4 is 5.32 Å². The van der Waals surface area contributed by atoms with E-state index in [0.29, 0.717) is 5.69 Å². The van der Waals surface area contributed by atoms with Crippen LogP contribution in [0, 0.1) is 0 Å². The van der Waals surface area contributed by atoms with E-state index in [1.165, 1.54) is 41.2 Å². The van der Waals surface area contributed by atoms with E-state index in [-0.39, 0.29) is 11.4 Å². The van der Waals surface area contributed by atoms with Gasteiger partial charge in [-0.15, -0.1) is 0 Å². The fourth-order valence-electron chi connectivity index (χ4n) is 1.51. The number of halogens is 3. The first-order valence-electron chi connectivity index (χ1n) is 5.55. The van der Waals surface area contributed by atoms with Crippen LogP contribution in [0.5, 0.6) is 0 Å². The van der Waals surface area contributed by atoms with Crippen LogP contribution >= 0.6 is 0 Å². The summed E-state index contributed by atoms with van der Waals surface area (Å²) in [6, 6.07) is 6.66. The van der Waals surface area contributed by atoms with Crippen LogP contribution in [0.25, 0.3) is 5.69 Å². The molecule has 1 aromatic heterocycles. The van der Waals surface area contributed by atoms with Crippen molar-refractivity contribution in [3.05, 3.63) is 42.2 Å². The topological polar surface area (TPSA) is 84.2 Å². The highest BCUT2D eigenvalue weighted by atomic mass is 19.4. The van der Waals surface area contributed by atoms with Crippen LogP contribution in [0.15, 0.2) is 36.5 Å². The van der Waals surface area contributed by atoms with Crippen molar-refractivity contribution in [1.82, 2.24) is 9.78 Å². The third-order valence-corrected chi connectivity index (χ3v) is 2.43. The Balaban J connectivity index is 2.25. The zero-order chi connectivity index (χ0) is 15.6. The maximum absolute atomic E-state index is 12.2. The Morgan fingerprint density at radius 1 is 1.24 bits per heavy atom. The normalized spacial score (nSPS) is 11.2. The molecule has 1 heterocycles. The number of hydrogen-bond donors (Lipinski definition) is 2. The lowest BCUT2D eigenvalue weighted by atomic mass is 10.2. The predicted molar refractivity (Wildman–Crippen MR) is 65.2 cm³/mol. The Hall–Kier alpha value is -2.84. The van der Waals surface area contributed by atoms with Gasteiger partial charge in [-0.2, -0.15) is 18.3 Å². The summed E-state index contributed by atoms with van der Waals surface area (Å²) < 4.78 is 37.6. The lowest BCUT2D eigenvalue weighted by molar-refractivity contribution is -0.167. The number of nitrogens with zero attached hydrogens (tertiary/aromatic N) is 2. The van der Waals surface area contributed by atoms with Crippen LogP contribution in [-0.4, -0.2) is 32.9 Å². The fourth-order valence-corrected chi connectivity index (χ4v) is 1.51. The van der Waals surface area contributed by atoms with Gasteiger partial charge >= 0.3 is 18.1 Å². The SMILES string of the molecule is O=C(O)c1ccn(-c2cccc(NC(=O)C(F)(F)F)c2)n1. The average molecular weight is 299 g/mol. The highest BCUT2D eigenvalue weighted by Crippen LogP contribution is 2.20. The summed E-state index contributed by atoms with van der Waals surface area (Å²) in [5, 5.41) is 14.2. The number of carbonyl (C=O) groups excluding carboxylic acids is 1. The molecule has 0 unspecified atom stereocenters. The molecule has 2 rings (SSSR count). The van der Waals surface area contributed by atoms with E-state index in [4.69, 9.17) is 5.11 Å². The van der Waals surface area contributed by atoms with Gasteiger partial charge in [0.15, 0.2) is 5.69 Å². The van der Waals surface area contributed by atoms with Crippen molar-refractivity contribution in [2.45, 2.75) is 6.18 Å². The van der Waals surface area contributed by atoms with Crippen LogP contribution in [-0.2, 0) is 4.79 Å². The van der Waals surface area contributed by atoms with Gasteiger partial charge in [-0.1, -0.05) is 6.07 Å². The van der Waals surface area contributed by atoms with Gasteiger partial charge in [0.1, 0.15) is 0 Å². The van der Waals surface area contributed by atoms with E-state index in [0.717, 1.165) is 0 Å². The number of carboxylic acid groups (broad SMARTS) is 1. The second kappa shape index (κ2) is 5.27. The molecule has 0 aliphatic carbocycles. The quantitative estimate of drug-likeness (QED) is 0.908. The molecule has 2 N–H and O–H groups in total. The van der Waals surface area contributed by atoms with E-state index < -0.39 is 18.1 Å². The smallest absolute Gasteiger partial charge is 0.471 e. The van der Waals surface area contributed by atoms with Crippen molar-refractivity contribution >= 4 is 17.6 Å². The molecule has 2 aromatic rings. The van der Waals surface area contributed by atoms with Crippen molar-refractivity contribution in [2.75, 3.05) is 5.32 Å². The molecule has 0 aliphatic rings. The molecule has 0 spiro atoms. The summed E-state index contributed by atoms with van der Waals surface area (Å²) in [7, 11) is 0. The number of rotatable bonds is 3. The highest BCUT2D eigenvalue weighted by molar-refractivity contribution is 5.95. The molecule has 1 aromatic carbocycles. The Kier molecular flexibility index (Phi) is 3.66. The van der Waals surface area contributed by atoms with E-state index in [9.17, 15) is 22.8 Å². The van der Waals surface area contributed by atoms with Gasteiger partial charge in [-0.05, 0) is 24.3 Å². The molecule has 0 fully saturated rings. The number of hydrogen-bond acceptors (Lipinski definition) is 3. The lowest BCUT2D eigenvalue weighted by Gasteiger charge is -2.09. The van der Waals surface area contributed by atoms with E-state index in [2.05, 4.69) is 5.10 Å². The molecular weight excluding hydrogens is 291 g/mol. The molecule has 0 aliphatic heterocycles. The minimum Gasteiger partial charge on any atom is -0.476 e. The van der Waals surface area contributed by atoms with Crippen LogP contribution in [0.3, 0.4) is 0 Å². The molecule has 0 saturated heterocycles. The second-order valence-corrected chi connectivity index (χ2v) is 3.95. The first-order valence-corrected chi connectivity index (χ1v) is 5.55. The molecule has 1 amide bonds. The summed E-state index contributed by atoms with van der Waals surface area (Å²) in [6.45, 7) is 0. The molecule has 21 heavy (non-hydrogen) atoms. The number of benzene rings is 1. The predicted octanol–water partition coefficient (Wildman–Crippen LogP) is 2.07. The van der Waals surface area contributed by atoms with Gasteiger partial charge in [0.25, 0.3) is 0 Å². The summed E-state index contributed by atoms with van der Waals surface area (Å²) in [5.74, 6) is -3.32. The molecule has 0 atom stereocenters. The van der Waals surface area contributed by atoms with Crippen molar-refractivity contribution in [2.24, 2.45) is 0 Å². The number of anilines is 1. The minimum atomic E-state index is -4.99. The lowest BCUT2D eigenvalue weighted by Crippen LogP contribution is -2.29. The zero-order valence-corrected chi connectivity index (χ0v) is 10.3. The third-order valence-electron chi connectivity index (χ3n) is 2.43. The number of aromatic nitrogens is 2. The van der Waals surface area contributed by atoms with Gasteiger partial charge in [-0.25, -0.2) is 9.48 Å². The van der Waals surface area contributed by atoms with Crippen molar-refractivity contribution in [3.8, 4) is 5.69 Å². The Bertz CT molecular complexity index is 694. The molecule has 0 saturated carbocycles. The number of alkyl halides is 3. The Morgan fingerprint density at radius 2 is 1.95 bits per heavy atom. The van der Waals surface area contributed by atoms with Gasteiger partial charge in [0.05, 0.1) is 5.69 Å². The van der Waals surface area contributed by atoms with Crippen LogP contribution in [0.4, 0.5) is 18.9 Å². The summed E-state index contributed by atoms with van der Waals surface area (Å²) in [5.41, 5.74) is 0.0180. The van der Waals surface area contributed by atoms with Crippen LogP contribution in [0.1, 0.15) is 10.5 Å². The third kappa shape index (κ3) is 3.38. The summed E-state index contributed by atoms with van der Waals surface area (Å²) in [4.78, 5) is 21.5.